The van der Waals surface area contributed by atoms with Crippen LogP contribution in [0.1, 0.15) is 5.69 Å². The van der Waals surface area contributed by atoms with Crippen LogP contribution in [0.15, 0.2) is 78.2 Å². The third kappa shape index (κ3) is 4.75. The first-order chi connectivity index (χ1) is 15.2. The van der Waals surface area contributed by atoms with Crippen LogP contribution in [0.2, 0.25) is 0 Å². The molecule has 0 saturated carbocycles. The van der Waals surface area contributed by atoms with Crippen LogP contribution in [0.3, 0.4) is 0 Å². The van der Waals surface area contributed by atoms with Gasteiger partial charge in [-0.1, -0.05) is 48.5 Å². The smallest absolute Gasteiger partial charge is 0.230 e. The molecule has 3 aromatic carbocycles. The summed E-state index contributed by atoms with van der Waals surface area (Å²) in [5.41, 5.74) is 4.48. The molecule has 6 heteroatoms. The first kappa shape index (κ1) is 20.6. The minimum Gasteiger partial charge on any atom is -0.493 e. The minimum atomic E-state index is -0.104. The van der Waals surface area contributed by atoms with Crippen LogP contribution in [-0.2, 0) is 11.2 Å². The van der Waals surface area contributed by atoms with Crippen molar-refractivity contribution in [2.45, 2.75) is 6.42 Å². The Balaban J connectivity index is 1.49. The molecule has 0 unspecified atom stereocenters. The number of nitrogens with one attached hydrogen (secondary N) is 1. The fourth-order valence-corrected chi connectivity index (χ4v) is 4.13. The van der Waals surface area contributed by atoms with Gasteiger partial charge in [0.2, 0.25) is 5.91 Å². The molecule has 0 radical (unpaired) electrons. The van der Waals surface area contributed by atoms with E-state index in [0.717, 1.165) is 33.1 Å². The number of ether oxygens (including phenoxy) is 2. The minimum absolute atomic E-state index is 0.104. The average Bonchev–Trinajstić information content (AvgIpc) is 3.27. The molecule has 4 rings (SSSR count). The lowest BCUT2D eigenvalue weighted by Gasteiger charge is -2.11. The number of benzene rings is 3. The maximum Gasteiger partial charge on any atom is 0.230 e. The maximum absolute atomic E-state index is 12.7. The van der Waals surface area contributed by atoms with Gasteiger partial charge >= 0.3 is 0 Å². The predicted octanol–water partition coefficient (Wildman–Crippen LogP) is 5.68. The van der Waals surface area contributed by atoms with Crippen molar-refractivity contribution in [1.29, 1.82) is 0 Å². The topological polar surface area (TPSA) is 60.5 Å². The number of rotatable bonds is 7. The molecule has 0 aliphatic carbocycles. The second-order valence-electron chi connectivity index (χ2n) is 6.85. The lowest BCUT2D eigenvalue weighted by molar-refractivity contribution is -0.115. The van der Waals surface area contributed by atoms with Crippen LogP contribution in [0.4, 0.5) is 5.69 Å². The third-order valence-electron chi connectivity index (χ3n) is 4.81. The van der Waals surface area contributed by atoms with Gasteiger partial charge in [0.1, 0.15) is 5.01 Å². The number of methoxy groups -OCH3 is 2. The number of hydrogen-bond donors (Lipinski definition) is 1. The molecule has 0 aliphatic heterocycles. The van der Waals surface area contributed by atoms with Crippen LogP contribution >= 0.6 is 11.3 Å². The summed E-state index contributed by atoms with van der Waals surface area (Å²) in [6, 6.07) is 23.5. The third-order valence-corrected chi connectivity index (χ3v) is 5.75. The fraction of sp³-hybridized carbons (Fsp3) is 0.120. The van der Waals surface area contributed by atoms with E-state index in [0.29, 0.717) is 11.5 Å². The normalized spacial score (nSPS) is 10.5. The Morgan fingerprint density at radius 3 is 2.42 bits per heavy atom. The second-order valence-corrected chi connectivity index (χ2v) is 7.71. The molecular weight excluding hydrogens is 408 g/mol. The number of carbonyl (C=O) groups is 1. The molecule has 0 atom stereocenters. The summed E-state index contributed by atoms with van der Waals surface area (Å²) in [6.07, 6.45) is 0.201. The van der Waals surface area contributed by atoms with Gasteiger partial charge in [0, 0.05) is 22.2 Å². The van der Waals surface area contributed by atoms with Gasteiger partial charge in [0.15, 0.2) is 11.5 Å². The highest BCUT2D eigenvalue weighted by Gasteiger charge is 2.13. The Bertz CT molecular complexity index is 1190. The zero-order valence-corrected chi connectivity index (χ0v) is 18.1. The highest BCUT2D eigenvalue weighted by molar-refractivity contribution is 7.13. The van der Waals surface area contributed by atoms with Crippen molar-refractivity contribution in [3.63, 3.8) is 0 Å². The Morgan fingerprint density at radius 1 is 0.903 bits per heavy atom. The van der Waals surface area contributed by atoms with E-state index >= 15 is 0 Å². The highest BCUT2D eigenvalue weighted by Crippen LogP contribution is 2.33. The lowest BCUT2D eigenvalue weighted by atomic mass is 10.0. The van der Waals surface area contributed by atoms with Crippen LogP contribution in [0.25, 0.3) is 21.7 Å². The molecule has 0 aliphatic rings. The molecule has 0 saturated heterocycles. The quantitative estimate of drug-likeness (QED) is 0.410. The van der Waals surface area contributed by atoms with E-state index in [-0.39, 0.29) is 12.3 Å². The first-order valence-corrected chi connectivity index (χ1v) is 10.7. The van der Waals surface area contributed by atoms with Crippen molar-refractivity contribution in [2.24, 2.45) is 0 Å². The highest BCUT2D eigenvalue weighted by atomic mass is 32.1. The number of hydrogen-bond acceptors (Lipinski definition) is 5. The van der Waals surface area contributed by atoms with Crippen LogP contribution in [0, 0.1) is 0 Å². The number of thiazole rings is 1. The average molecular weight is 431 g/mol. The summed E-state index contributed by atoms with van der Waals surface area (Å²) < 4.78 is 10.7. The van der Waals surface area contributed by atoms with E-state index in [4.69, 9.17) is 9.47 Å². The standard InChI is InChI=1S/C25H22N2O3S/c1-29-22-13-12-18(14-23(22)30-2)25-26-19(16-31-25)15-24(28)27-21-11-7-6-10-20(21)17-8-4-3-5-9-17/h3-14,16H,15H2,1-2H3,(H,27,28). The number of carbonyl (C=O) groups excluding carboxylic acids is 1. The monoisotopic (exact) mass is 430 g/mol. The summed E-state index contributed by atoms with van der Waals surface area (Å²) in [4.78, 5) is 17.3. The molecule has 0 spiro atoms. The largest absolute Gasteiger partial charge is 0.493 e. The molecule has 1 N–H and O–H groups in total. The van der Waals surface area contributed by atoms with Crippen molar-refractivity contribution >= 4 is 22.9 Å². The number of aromatic nitrogens is 1. The number of anilines is 1. The zero-order chi connectivity index (χ0) is 21.6. The number of amides is 1. The number of para-hydroxylation sites is 1. The summed E-state index contributed by atoms with van der Waals surface area (Å²) in [6.45, 7) is 0. The zero-order valence-electron chi connectivity index (χ0n) is 17.3. The second kappa shape index (κ2) is 9.45. The van der Waals surface area contributed by atoms with Gasteiger partial charge in [0.25, 0.3) is 0 Å². The van der Waals surface area contributed by atoms with Crippen LogP contribution in [0.5, 0.6) is 11.5 Å². The fourth-order valence-electron chi connectivity index (χ4n) is 3.31. The van der Waals surface area contributed by atoms with E-state index in [2.05, 4.69) is 10.3 Å². The van der Waals surface area contributed by atoms with Crippen molar-refractivity contribution < 1.29 is 14.3 Å². The van der Waals surface area contributed by atoms with Crippen molar-refractivity contribution in [3.05, 3.63) is 83.9 Å². The van der Waals surface area contributed by atoms with Crippen molar-refractivity contribution in [3.8, 4) is 33.2 Å². The molecule has 4 aromatic rings. The van der Waals surface area contributed by atoms with Gasteiger partial charge in [-0.2, -0.15) is 0 Å². The molecule has 0 fully saturated rings. The molecule has 0 bridgehead atoms. The maximum atomic E-state index is 12.7. The van der Waals surface area contributed by atoms with Gasteiger partial charge in [-0.15, -0.1) is 11.3 Å². The number of nitrogens with zero attached hydrogens (tertiary/aromatic N) is 1. The summed E-state index contributed by atoms with van der Waals surface area (Å²) in [7, 11) is 3.21. The van der Waals surface area contributed by atoms with Crippen molar-refractivity contribution in [2.75, 3.05) is 19.5 Å². The van der Waals surface area contributed by atoms with E-state index in [1.807, 2.05) is 78.2 Å². The van der Waals surface area contributed by atoms with Crippen molar-refractivity contribution in [1.82, 2.24) is 4.98 Å². The molecular formula is C25H22N2O3S. The summed E-state index contributed by atoms with van der Waals surface area (Å²) in [5, 5.41) is 5.77. The SMILES string of the molecule is COc1ccc(-c2nc(CC(=O)Nc3ccccc3-c3ccccc3)cs2)cc1OC. The van der Waals surface area contributed by atoms with E-state index in [1.54, 1.807) is 14.2 Å². The van der Waals surface area contributed by atoms with E-state index in [1.165, 1.54) is 11.3 Å². The molecule has 1 amide bonds. The molecule has 5 nitrogen and oxygen atoms in total. The Labute approximate surface area is 185 Å². The van der Waals surface area contributed by atoms with E-state index in [9.17, 15) is 4.79 Å². The van der Waals surface area contributed by atoms with Gasteiger partial charge in [-0.05, 0) is 29.8 Å². The van der Waals surface area contributed by atoms with Gasteiger partial charge in [0.05, 0.1) is 26.3 Å². The Kier molecular flexibility index (Phi) is 6.29. The first-order valence-electron chi connectivity index (χ1n) is 9.79. The molecule has 1 heterocycles. The van der Waals surface area contributed by atoms with Crippen LogP contribution < -0.4 is 14.8 Å². The Morgan fingerprint density at radius 2 is 1.65 bits per heavy atom. The van der Waals surface area contributed by atoms with Gasteiger partial charge < -0.3 is 14.8 Å². The van der Waals surface area contributed by atoms with Gasteiger partial charge in [-0.25, -0.2) is 4.98 Å². The van der Waals surface area contributed by atoms with Gasteiger partial charge in [-0.3, -0.25) is 4.79 Å². The molecule has 1 aromatic heterocycles. The summed E-state index contributed by atoms with van der Waals surface area (Å²) >= 11 is 1.50. The summed E-state index contributed by atoms with van der Waals surface area (Å²) in [5.74, 6) is 1.21. The predicted molar refractivity (Wildman–Crippen MR) is 125 cm³/mol. The lowest BCUT2D eigenvalue weighted by Crippen LogP contribution is -2.15. The van der Waals surface area contributed by atoms with Crippen LogP contribution in [-0.4, -0.2) is 25.1 Å². The van der Waals surface area contributed by atoms with E-state index < -0.39 is 0 Å². The molecule has 31 heavy (non-hydrogen) atoms. The molecule has 156 valence electrons. The Hall–Kier alpha value is -3.64.